The van der Waals surface area contributed by atoms with Crippen LogP contribution >= 0.6 is 0 Å². The van der Waals surface area contributed by atoms with Gasteiger partial charge in [-0.05, 0) is 47.5 Å². The van der Waals surface area contributed by atoms with Gasteiger partial charge < -0.3 is 4.42 Å². The lowest BCUT2D eigenvalue weighted by molar-refractivity contribution is 0.669. The molecule has 8 rings (SSSR count). The van der Waals surface area contributed by atoms with Crippen LogP contribution in [-0.4, -0.2) is 14.5 Å². The van der Waals surface area contributed by atoms with E-state index in [0.717, 1.165) is 66.5 Å². The average molecular weight is 488 g/mol. The van der Waals surface area contributed by atoms with Gasteiger partial charge in [-0.2, -0.15) is 0 Å². The molecule has 5 aromatic carbocycles. The number of hydrogen-bond acceptors (Lipinski definition) is 3. The van der Waals surface area contributed by atoms with Crippen molar-refractivity contribution >= 4 is 43.9 Å². The Balaban J connectivity index is 1.44. The molecule has 0 aliphatic heterocycles. The van der Waals surface area contributed by atoms with Gasteiger partial charge in [0.25, 0.3) is 0 Å². The van der Waals surface area contributed by atoms with Crippen molar-refractivity contribution in [2.24, 2.45) is 0 Å². The van der Waals surface area contributed by atoms with Crippen LogP contribution in [0.5, 0.6) is 0 Å². The Bertz CT molecular complexity index is 2120. The molecule has 0 unspecified atom stereocenters. The van der Waals surface area contributed by atoms with Crippen LogP contribution in [-0.2, 0) is 0 Å². The summed E-state index contributed by atoms with van der Waals surface area (Å²) in [7, 11) is 0. The molecular weight excluding hydrogens is 466 g/mol. The first kappa shape index (κ1) is 20.9. The fourth-order valence-corrected chi connectivity index (χ4v) is 5.50. The lowest BCUT2D eigenvalue weighted by Gasteiger charge is -2.11. The highest BCUT2D eigenvalue weighted by molar-refractivity contribution is 6.11. The number of hydrogen-bond donors (Lipinski definition) is 0. The van der Waals surface area contributed by atoms with Gasteiger partial charge in [0.2, 0.25) is 0 Å². The predicted octanol–water partition coefficient (Wildman–Crippen LogP) is 8.81. The third-order valence-corrected chi connectivity index (χ3v) is 7.25. The SMILES string of the molecule is c1ccc(-c2ccc3c(c2)oc2c(-c4nc5cnc6ccccc6c5n4-c4ccccc4)cccc23)cc1. The van der Waals surface area contributed by atoms with E-state index in [1.807, 2.05) is 30.5 Å². The number of benzene rings is 5. The Kier molecular flexibility index (Phi) is 4.49. The Morgan fingerprint density at radius 3 is 2.21 bits per heavy atom. The zero-order valence-electron chi connectivity index (χ0n) is 20.4. The third-order valence-electron chi connectivity index (χ3n) is 7.25. The Morgan fingerprint density at radius 2 is 1.34 bits per heavy atom. The lowest BCUT2D eigenvalue weighted by Crippen LogP contribution is -1.98. The Labute approximate surface area is 218 Å². The molecule has 0 amide bonds. The number of fused-ring (bicyclic) bond motifs is 6. The van der Waals surface area contributed by atoms with E-state index in [1.165, 1.54) is 5.56 Å². The molecule has 3 aromatic heterocycles. The molecule has 0 bridgehead atoms. The molecule has 0 spiro atoms. The first-order chi connectivity index (χ1) is 18.8. The zero-order chi connectivity index (χ0) is 25.1. The maximum Gasteiger partial charge on any atom is 0.149 e. The van der Waals surface area contributed by atoms with E-state index in [0.29, 0.717) is 0 Å². The van der Waals surface area contributed by atoms with Crippen LogP contribution in [0.2, 0.25) is 0 Å². The van der Waals surface area contributed by atoms with Gasteiger partial charge in [0, 0.05) is 21.8 Å². The lowest BCUT2D eigenvalue weighted by atomic mass is 10.0. The summed E-state index contributed by atoms with van der Waals surface area (Å²) >= 11 is 0. The van der Waals surface area contributed by atoms with Gasteiger partial charge in [0.05, 0.1) is 22.8 Å². The highest BCUT2D eigenvalue weighted by Crippen LogP contribution is 2.39. The molecule has 0 aliphatic rings. The van der Waals surface area contributed by atoms with E-state index < -0.39 is 0 Å². The van der Waals surface area contributed by atoms with E-state index in [2.05, 4.69) is 107 Å². The number of pyridine rings is 1. The molecular formula is C34H21N3O. The monoisotopic (exact) mass is 487 g/mol. The summed E-state index contributed by atoms with van der Waals surface area (Å²) in [4.78, 5) is 9.82. The van der Waals surface area contributed by atoms with Gasteiger partial charge in [0.1, 0.15) is 22.5 Å². The van der Waals surface area contributed by atoms with Crippen molar-refractivity contribution in [2.45, 2.75) is 0 Å². The molecule has 0 saturated heterocycles. The predicted molar refractivity (Wildman–Crippen MR) is 155 cm³/mol. The minimum atomic E-state index is 0.831. The number of rotatable bonds is 3. The van der Waals surface area contributed by atoms with Crippen LogP contribution in [0.4, 0.5) is 0 Å². The van der Waals surface area contributed by atoms with Crippen molar-refractivity contribution in [3.05, 3.63) is 128 Å². The Hall–Kier alpha value is -5.22. The average Bonchev–Trinajstić information content (AvgIpc) is 3.56. The molecule has 4 heteroatoms. The van der Waals surface area contributed by atoms with Crippen LogP contribution in [0.3, 0.4) is 0 Å². The molecule has 4 nitrogen and oxygen atoms in total. The summed E-state index contributed by atoms with van der Waals surface area (Å²) in [5, 5.41) is 3.24. The van der Waals surface area contributed by atoms with Crippen LogP contribution in [0.1, 0.15) is 0 Å². The van der Waals surface area contributed by atoms with Crippen LogP contribution in [0, 0.1) is 0 Å². The van der Waals surface area contributed by atoms with E-state index in [1.54, 1.807) is 0 Å². The highest BCUT2D eigenvalue weighted by atomic mass is 16.3. The van der Waals surface area contributed by atoms with Gasteiger partial charge >= 0.3 is 0 Å². The van der Waals surface area contributed by atoms with E-state index in [-0.39, 0.29) is 0 Å². The summed E-state index contributed by atoms with van der Waals surface area (Å²) < 4.78 is 8.84. The number of furan rings is 1. The number of imidazole rings is 1. The van der Waals surface area contributed by atoms with Crippen molar-refractivity contribution in [2.75, 3.05) is 0 Å². The van der Waals surface area contributed by atoms with Crippen LogP contribution < -0.4 is 0 Å². The molecule has 0 N–H and O–H groups in total. The first-order valence-corrected chi connectivity index (χ1v) is 12.7. The van der Waals surface area contributed by atoms with Crippen molar-refractivity contribution in [3.63, 3.8) is 0 Å². The number of aromatic nitrogens is 3. The van der Waals surface area contributed by atoms with E-state index in [4.69, 9.17) is 9.40 Å². The second kappa shape index (κ2) is 8.15. The topological polar surface area (TPSA) is 43.9 Å². The molecule has 38 heavy (non-hydrogen) atoms. The van der Waals surface area contributed by atoms with Crippen molar-refractivity contribution < 1.29 is 4.42 Å². The molecule has 3 heterocycles. The summed E-state index contributed by atoms with van der Waals surface area (Å²) in [6, 6.07) is 41.8. The van der Waals surface area contributed by atoms with Crippen molar-refractivity contribution in [1.82, 2.24) is 14.5 Å². The van der Waals surface area contributed by atoms with Gasteiger partial charge in [-0.3, -0.25) is 9.55 Å². The zero-order valence-corrected chi connectivity index (χ0v) is 20.4. The minimum absolute atomic E-state index is 0.831. The largest absolute Gasteiger partial charge is 0.455 e. The van der Waals surface area contributed by atoms with Crippen LogP contribution in [0.15, 0.2) is 132 Å². The first-order valence-electron chi connectivity index (χ1n) is 12.7. The Morgan fingerprint density at radius 1 is 0.579 bits per heavy atom. The third kappa shape index (κ3) is 3.10. The van der Waals surface area contributed by atoms with E-state index in [9.17, 15) is 0 Å². The number of para-hydroxylation sites is 3. The maximum atomic E-state index is 6.61. The molecule has 0 radical (unpaired) electrons. The van der Waals surface area contributed by atoms with Gasteiger partial charge in [-0.25, -0.2) is 4.98 Å². The fraction of sp³-hybridized carbons (Fsp3) is 0. The maximum absolute atomic E-state index is 6.61. The normalized spacial score (nSPS) is 11.7. The molecule has 0 atom stereocenters. The smallest absolute Gasteiger partial charge is 0.149 e. The van der Waals surface area contributed by atoms with Gasteiger partial charge in [0.15, 0.2) is 0 Å². The number of nitrogens with zero attached hydrogens (tertiary/aromatic N) is 3. The molecule has 8 aromatic rings. The quantitative estimate of drug-likeness (QED) is 0.250. The second-order valence-electron chi connectivity index (χ2n) is 9.48. The minimum Gasteiger partial charge on any atom is -0.455 e. The molecule has 0 saturated carbocycles. The molecule has 178 valence electrons. The van der Waals surface area contributed by atoms with Crippen LogP contribution in [0.25, 0.3) is 72.1 Å². The second-order valence-corrected chi connectivity index (χ2v) is 9.48. The van der Waals surface area contributed by atoms with E-state index >= 15 is 0 Å². The van der Waals surface area contributed by atoms with Crippen molar-refractivity contribution in [3.8, 4) is 28.2 Å². The van der Waals surface area contributed by atoms with Gasteiger partial charge in [-0.1, -0.05) is 84.9 Å². The summed E-state index contributed by atoms with van der Waals surface area (Å²) in [6.07, 6.45) is 1.87. The summed E-state index contributed by atoms with van der Waals surface area (Å²) in [6.45, 7) is 0. The fourth-order valence-electron chi connectivity index (χ4n) is 5.50. The van der Waals surface area contributed by atoms with Crippen molar-refractivity contribution in [1.29, 1.82) is 0 Å². The standard InChI is InChI=1S/C34H21N3O/c1-3-10-22(11-4-1)23-18-19-25-26-15-9-16-28(33(26)38-31(25)20-23)34-36-30-21-35-29-17-8-7-14-27(29)32(30)37(34)24-12-5-2-6-13-24/h1-21H. The summed E-state index contributed by atoms with van der Waals surface area (Å²) in [5.74, 6) is 0.831. The molecule has 0 aliphatic carbocycles. The van der Waals surface area contributed by atoms with Gasteiger partial charge in [-0.15, -0.1) is 0 Å². The summed E-state index contributed by atoms with van der Waals surface area (Å²) in [5.41, 5.74) is 8.82. The molecule has 0 fully saturated rings. The highest BCUT2D eigenvalue weighted by Gasteiger charge is 2.21.